The van der Waals surface area contributed by atoms with Gasteiger partial charge in [-0.2, -0.15) is 0 Å². The molecule has 3 aliphatic heterocycles. The third-order valence-electron chi connectivity index (χ3n) is 4.81. The number of nitrogens with zero attached hydrogens (tertiary/aromatic N) is 2. The predicted molar refractivity (Wildman–Crippen MR) is 90.0 cm³/mol. The van der Waals surface area contributed by atoms with Gasteiger partial charge in [0.1, 0.15) is 5.75 Å². The number of benzene rings is 1. The summed E-state index contributed by atoms with van der Waals surface area (Å²) >= 11 is 0. The highest BCUT2D eigenvalue weighted by Crippen LogP contribution is 2.24. The lowest BCUT2D eigenvalue weighted by molar-refractivity contribution is 0.0382. The molecule has 1 aromatic carbocycles. The Kier molecular flexibility index (Phi) is 6.28. The maximum atomic E-state index is 10.6. The van der Waals surface area contributed by atoms with Crippen LogP contribution in [-0.4, -0.2) is 80.6 Å². The fourth-order valence-electron chi connectivity index (χ4n) is 3.25. The Morgan fingerprint density at radius 1 is 0.696 bits per heavy atom. The molecule has 3 aliphatic rings. The van der Waals surface area contributed by atoms with E-state index in [-0.39, 0.29) is 0 Å². The molecule has 0 aliphatic carbocycles. The van der Waals surface area contributed by atoms with Gasteiger partial charge in [0.2, 0.25) is 0 Å². The van der Waals surface area contributed by atoms with Gasteiger partial charge in [-0.25, -0.2) is 0 Å². The molecule has 5 nitrogen and oxygen atoms in total. The minimum Gasteiger partial charge on any atom is -0.507 e. The fraction of sp³-hybridized carbons (Fsp3) is 0.667. The molecule has 0 radical (unpaired) electrons. The second-order valence-corrected chi connectivity index (χ2v) is 6.33. The molecule has 4 bridgehead atoms. The highest BCUT2D eigenvalue weighted by Gasteiger charge is 2.14. The van der Waals surface area contributed by atoms with Gasteiger partial charge in [0.15, 0.2) is 0 Å². The van der Waals surface area contributed by atoms with E-state index in [2.05, 4.69) is 15.9 Å². The molecule has 23 heavy (non-hydrogen) atoms. The molecule has 1 saturated heterocycles. The van der Waals surface area contributed by atoms with Crippen LogP contribution < -0.4 is 0 Å². The van der Waals surface area contributed by atoms with Gasteiger partial charge < -0.3 is 14.6 Å². The molecule has 3 heterocycles. The number of phenols is 1. The maximum absolute atomic E-state index is 10.6. The number of hydrogen-bond acceptors (Lipinski definition) is 5. The average Bonchev–Trinajstić information content (AvgIpc) is 2.54. The third-order valence-corrected chi connectivity index (χ3v) is 4.81. The van der Waals surface area contributed by atoms with Crippen molar-refractivity contribution in [3.63, 3.8) is 0 Å². The molecule has 0 aromatic heterocycles. The molecule has 4 rings (SSSR count). The summed E-state index contributed by atoms with van der Waals surface area (Å²) in [6.07, 6.45) is 1.73. The smallest absolute Gasteiger partial charge is 0.122 e. The standard InChI is InChI=1S/C18H28N2O3/c21-18-16-2-1-3-17(18)5-7-20-10-14-22-12-8-19(6-4-16)9-13-23-15-11-20/h1-3,21H,4-15H2. The van der Waals surface area contributed by atoms with Crippen LogP contribution in [0.5, 0.6) is 5.75 Å². The molecular weight excluding hydrogens is 292 g/mol. The Balaban J connectivity index is 1.82. The van der Waals surface area contributed by atoms with Crippen molar-refractivity contribution in [1.82, 2.24) is 9.80 Å². The Hall–Kier alpha value is -1.14. The van der Waals surface area contributed by atoms with Crippen LogP contribution in [-0.2, 0) is 22.3 Å². The Morgan fingerprint density at radius 3 is 1.57 bits per heavy atom. The first kappa shape index (κ1) is 16.7. The van der Waals surface area contributed by atoms with Gasteiger partial charge in [0.05, 0.1) is 26.4 Å². The summed E-state index contributed by atoms with van der Waals surface area (Å²) in [5, 5.41) is 10.6. The van der Waals surface area contributed by atoms with E-state index in [0.717, 1.165) is 89.7 Å². The number of aromatic hydroxyl groups is 1. The summed E-state index contributed by atoms with van der Waals surface area (Å²) in [5.41, 5.74) is 2.10. The first-order chi connectivity index (χ1) is 11.3. The number of hydrogen-bond donors (Lipinski definition) is 1. The molecule has 0 unspecified atom stereocenters. The molecule has 0 atom stereocenters. The molecule has 0 saturated carbocycles. The SMILES string of the molecule is Oc1c2cccc1CCN1CCOCCN(CCOCC1)CC2. The molecule has 1 N–H and O–H groups in total. The summed E-state index contributed by atoms with van der Waals surface area (Å²) in [4.78, 5) is 4.74. The Labute approximate surface area is 138 Å². The summed E-state index contributed by atoms with van der Waals surface area (Å²) in [7, 11) is 0. The van der Waals surface area contributed by atoms with Gasteiger partial charge in [-0.05, 0) is 24.0 Å². The largest absolute Gasteiger partial charge is 0.507 e. The fourth-order valence-corrected chi connectivity index (χ4v) is 3.25. The van der Waals surface area contributed by atoms with E-state index in [1.165, 1.54) is 0 Å². The van der Waals surface area contributed by atoms with Gasteiger partial charge in [0, 0.05) is 39.3 Å². The van der Waals surface area contributed by atoms with E-state index in [1.807, 2.05) is 12.1 Å². The molecule has 1 fully saturated rings. The zero-order valence-corrected chi connectivity index (χ0v) is 13.9. The first-order valence-corrected chi connectivity index (χ1v) is 8.73. The van der Waals surface area contributed by atoms with E-state index in [4.69, 9.17) is 9.47 Å². The number of rotatable bonds is 0. The summed E-state index contributed by atoms with van der Waals surface area (Å²) in [6.45, 7) is 8.59. The number of para-hydroxylation sites is 1. The van der Waals surface area contributed by atoms with Crippen LogP contribution in [0.1, 0.15) is 11.1 Å². The molecular formula is C18H28N2O3. The number of phenolic OH excluding ortho intramolecular Hbond substituents is 1. The van der Waals surface area contributed by atoms with Crippen LogP contribution in [0.4, 0.5) is 0 Å². The van der Waals surface area contributed by atoms with Crippen LogP contribution in [0, 0.1) is 0 Å². The molecule has 0 amide bonds. The lowest BCUT2D eigenvalue weighted by Crippen LogP contribution is -2.37. The summed E-state index contributed by atoms with van der Waals surface area (Å²) < 4.78 is 11.6. The van der Waals surface area contributed by atoms with Crippen LogP contribution in [0.2, 0.25) is 0 Å². The first-order valence-electron chi connectivity index (χ1n) is 8.73. The van der Waals surface area contributed by atoms with Crippen molar-refractivity contribution in [2.24, 2.45) is 0 Å². The van der Waals surface area contributed by atoms with E-state index in [1.54, 1.807) is 0 Å². The van der Waals surface area contributed by atoms with Crippen LogP contribution >= 0.6 is 0 Å². The van der Waals surface area contributed by atoms with Crippen molar-refractivity contribution >= 4 is 0 Å². The summed E-state index contributed by atoms with van der Waals surface area (Å²) in [5.74, 6) is 0.494. The summed E-state index contributed by atoms with van der Waals surface area (Å²) in [6, 6.07) is 6.15. The van der Waals surface area contributed by atoms with Gasteiger partial charge in [-0.1, -0.05) is 18.2 Å². The second-order valence-electron chi connectivity index (χ2n) is 6.33. The second kappa shape index (κ2) is 8.64. The highest BCUT2D eigenvalue weighted by molar-refractivity contribution is 5.40. The van der Waals surface area contributed by atoms with E-state index < -0.39 is 0 Å². The lowest BCUT2D eigenvalue weighted by Gasteiger charge is -2.27. The predicted octanol–water partition coefficient (Wildman–Crippen LogP) is 1.14. The van der Waals surface area contributed by atoms with Crippen molar-refractivity contribution < 1.29 is 14.6 Å². The monoisotopic (exact) mass is 320 g/mol. The van der Waals surface area contributed by atoms with Crippen LogP contribution in [0.15, 0.2) is 18.2 Å². The highest BCUT2D eigenvalue weighted by atomic mass is 16.5. The van der Waals surface area contributed by atoms with E-state index in [9.17, 15) is 5.11 Å². The van der Waals surface area contributed by atoms with Crippen LogP contribution in [0.3, 0.4) is 0 Å². The number of fused-ring (bicyclic) bond motifs is 10. The zero-order valence-electron chi connectivity index (χ0n) is 13.9. The molecule has 0 spiro atoms. The maximum Gasteiger partial charge on any atom is 0.122 e. The van der Waals surface area contributed by atoms with Gasteiger partial charge in [-0.15, -0.1) is 0 Å². The molecule has 128 valence electrons. The van der Waals surface area contributed by atoms with Gasteiger partial charge in [0.25, 0.3) is 0 Å². The van der Waals surface area contributed by atoms with Crippen LogP contribution in [0.25, 0.3) is 0 Å². The normalized spacial score (nSPS) is 27.5. The third kappa shape index (κ3) is 4.91. The molecule has 1 aromatic rings. The van der Waals surface area contributed by atoms with Gasteiger partial charge in [-0.3, -0.25) is 9.80 Å². The minimum absolute atomic E-state index is 0.494. The Morgan fingerprint density at radius 2 is 1.13 bits per heavy atom. The van der Waals surface area contributed by atoms with Crippen molar-refractivity contribution in [2.45, 2.75) is 12.8 Å². The van der Waals surface area contributed by atoms with E-state index >= 15 is 0 Å². The van der Waals surface area contributed by atoms with E-state index in [0.29, 0.717) is 5.75 Å². The van der Waals surface area contributed by atoms with Gasteiger partial charge >= 0.3 is 0 Å². The number of ether oxygens (including phenoxy) is 2. The quantitative estimate of drug-likeness (QED) is 0.777. The van der Waals surface area contributed by atoms with Crippen molar-refractivity contribution in [3.8, 4) is 5.75 Å². The average molecular weight is 320 g/mol. The molecule has 5 heteroatoms. The van der Waals surface area contributed by atoms with Crippen molar-refractivity contribution in [3.05, 3.63) is 29.3 Å². The zero-order chi connectivity index (χ0) is 15.9. The topological polar surface area (TPSA) is 45.2 Å². The Bertz CT molecular complexity index is 443. The van der Waals surface area contributed by atoms with Crippen molar-refractivity contribution in [1.29, 1.82) is 0 Å². The lowest BCUT2D eigenvalue weighted by atomic mass is 10.0. The van der Waals surface area contributed by atoms with Crippen molar-refractivity contribution in [2.75, 3.05) is 65.7 Å². The minimum atomic E-state index is 0.494.